The van der Waals surface area contributed by atoms with Crippen LogP contribution in [0.3, 0.4) is 0 Å². The van der Waals surface area contributed by atoms with Gasteiger partial charge in [-0.1, -0.05) is 36.6 Å². The maximum Gasteiger partial charge on any atom is 0.247 e. The van der Waals surface area contributed by atoms with Gasteiger partial charge < -0.3 is 5.32 Å². The predicted molar refractivity (Wildman–Crippen MR) is 74.1 cm³/mol. The van der Waals surface area contributed by atoms with Gasteiger partial charge in [0.15, 0.2) is 0 Å². The summed E-state index contributed by atoms with van der Waals surface area (Å²) >= 11 is 0. The number of tetrazole rings is 1. The second-order valence-corrected chi connectivity index (χ2v) is 5.41. The molecule has 19 heavy (non-hydrogen) atoms. The average Bonchev–Trinajstić information content (AvgIpc) is 3.06. The molecule has 0 spiro atoms. The van der Waals surface area contributed by atoms with Crippen LogP contribution in [0.5, 0.6) is 0 Å². The Labute approximate surface area is 113 Å². The molecule has 2 unspecified atom stereocenters. The van der Waals surface area contributed by atoms with Gasteiger partial charge in [0.1, 0.15) is 0 Å². The molecule has 0 amide bonds. The van der Waals surface area contributed by atoms with E-state index in [2.05, 4.69) is 27.8 Å². The van der Waals surface area contributed by atoms with E-state index < -0.39 is 0 Å². The molecule has 0 saturated heterocycles. The van der Waals surface area contributed by atoms with Crippen molar-refractivity contribution in [2.24, 2.45) is 11.8 Å². The second-order valence-electron chi connectivity index (χ2n) is 5.41. The molecular formula is C14H19N5. The smallest absolute Gasteiger partial charge is 0.247 e. The molecule has 1 fully saturated rings. The Morgan fingerprint density at radius 2 is 2.11 bits per heavy atom. The summed E-state index contributed by atoms with van der Waals surface area (Å²) in [4.78, 5) is 0. The highest BCUT2D eigenvalue weighted by atomic mass is 15.6. The standard InChI is InChI=1S/C14H19N5/c1-11-7-8-12(9-11)10-15-14-16-17-18-19(14)13-5-3-2-4-6-13/h2-6,11-12H,7-10H2,1H3,(H,15,16,18). The first-order chi connectivity index (χ1) is 9.33. The highest BCUT2D eigenvalue weighted by Gasteiger charge is 2.21. The molecule has 2 aromatic rings. The molecule has 1 aromatic carbocycles. The second kappa shape index (κ2) is 5.38. The van der Waals surface area contributed by atoms with Gasteiger partial charge in [0.05, 0.1) is 5.69 Å². The summed E-state index contributed by atoms with van der Waals surface area (Å²) in [6, 6.07) is 9.96. The molecule has 3 rings (SSSR count). The van der Waals surface area contributed by atoms with Crippen LogP contribution >= 0.6 is 0 Å². The van der Waals surface area contributed by atoms with Gasteiger partial charge in [-0.2, -0.15) is 4.68 Å². The van der Waals surface area contributed by atoms with Crippen molar-refractivity contribution in [1.29, 1.82) is 0 Å². The number of nitrogens with zero attached hydrogens (tertiary/aromatic N) is 4. The van der Waals surface area contributed by atoms with Gasteiger partial charge in [-0.05, 0) is 47.2 Å². The summed E-state index contributed by atoms with van der Waals surface area (Å²) in [5, 5.41) is 15.2. The number of hydrogen-bond donors (Lipinski definition) is 1. The molecule has 1 N–H and O–H groups in total. The molecule has 0 aliphatic heterocycles. The van der Waals surface area contributed by atoms with E-state index in [4.69, 9.17) is 0 Å². The van der Waals surface area contributed by atoms with Gasteiger partial charge in [0.2, 0.25) is 5.95 Å². The lowest BCUT2D eigenvalue weighted by atomic mass is 10.1. The number of anilines is 1. The third kappa shape index (κ3) is 2.75. The third-order valence-electron chi connectivity index (χ3n) is 3.82. The lowest BCUT2D eigenvalue weighted by Gasteiger charge is -2.11. The molecule has 0 bridgehead atoms. The largest absolute Gasteiger partial charge is 0.352 e. The molecule has 5 nitrogen and oxygen atoms in total. The molecule has 1 aliphatic carbocycles. The minimum atomic E-state index is 0.728. The molecule has 0 radical (unpaired) electrons. The Morgan fingerprint density at radius 1 is 1.26 bits per heavy atom. The summed E-state index contributed by atoms with van der Waals surface area (Å²) in [7, 11) is 0. The number of aromatic nitrogens is 4. The number of nitrogens with one attached hydrogen (secondary N) is 1. The van der Waals surface area contributed by atoms with E-state index in [1.165, 1.54) is 19.3 Å². The summed E-state index contributed by atoms with van der Waals surface area (Å²) in [6.45, 7) is 3.28. The number of para-hydroxylation sites is 1. The minimum Gasteiger partial charge on any atom is -0.352 e. The maximum absolute atomic E-state index is 4.06. The highest BCUT2D eigenvalue weighted by Crippen LogP contribution is 2.30. The zero-order chi connectivity index (χ0) is 13.1. The summed E-state index contributed by atoms with van der Waals surface area (Å²) in [6.07, 6.45) is 3.96. The molecule has 100 valence electrons. The van der Waals surface area contributed by atoms with Crippen molar-refractivity contribution in [3.63, 3.8) is 0 Å². The lowest BCUT2D eigenvalue weighted by molar-refractivity contribution is 0.535. The topological polar surface area (TPSA) is 55.6 Å². The van der Waals surface area contributed by atoms with Gasteiger partial charge >= 0.3 is 0 Å². The average molecular weight is 257 g/mol. The lowest BCUT2D eigenvalue weighted by Crippen LogP contribution is -2.15. The zero-order valence-electron chi connectivity index (χ0n) is 11.2. The summed E-state index contributed by atoms with van der Waals surface area (Å²) in [5.41, 5.74) is 0.981. The van der Waals surface area contributed by atoms with E-state index in [0.717, 1.165) is 30.0 Å². The maximum atomic E-state index is 4.06. The first kappa shape index (κ1) is 12.1. The van der Waals surface area contributed by atoms with Crippen molar-refractivity contribution >= 4 is 5.95 Å². The Bertz CT molecular complexity index is 522. The Kier molecular flexibility index (Phi) is 3.44. The number of rotatable bonds is 4. The van der Waals surface area contributed by atoms with E-state index in [-0.39, 0.29) is 0 Å². The fraction of sp³-hybridized carbons (Fsp3) is 0.500. The first-order valence-corrected chi connectivity index (χ1v) is 6.90. The van der Waals surface area contributed by atoms with Gasteiger partial charge in [-0.3, -0.25) is 0 Å². The van der Waals surface area contributed by atoms with Crippen LogP contribution in [0.4, 0.5) is 5.95 Å². The van der Waals surface area contributed by atoms with Gasteiger partial charge in [-0.15, -0.1) is 0 Å². The summed E-state index contributed by atoms with van der Waals surface area (Å²) < 4.78 is 1.75. The minimum absolute atomic E-state index is 0.728. The van der Waals surface area contributed by atoms with Crippen molar-refractivity contribution in [3.8, 4) is 5.69 Å². The fourth-order valence-electron chi connectivity index (χ4n) is 2.79. The number of hydrogen-bond acceptors (Lipinski definition) is 4. The van der Waals surface area contributed by atoms with Crippen molar-refractivity contribution < 1.29 is 0 Å². The third-order valence-corrected chi connectivity index (χ3v) is 3.82. The molecule has 2 atom stereocenters. The van der Waals surface area contributed by atoms with Crippen molar-refractivity contribution in [2.75, 3.05) is 11.9 Å². The molecule has 1 heterocycles. The quantitative estimate of drug-likeness (QED) is 0.914. The zero-order valence-corrected chi connectivity index (χ0v) is 11.2. The number of benzene rings is 1. The van der Waals surface area contributed by atoms with Gasteiger partial charge in [-0.25, -0.2) is 0 Å². The Balaban J connectivity index is 1.67. The molecule has 1 aliphatic rings. The molecular weight excluding hydrogens is 238 g/mol. The van der Waals surface area contributed by atoms with Crippen molar-refractivity contribution in [3.05, 3.63) is 30.3 Å². The molecule has 1 aromatic heterocycles. The Hall–Kier alpha value is -1.91. The SMILES string of the molecule is CC1CCC(CNc2nnnn2-c2ccccc2)C1. The van der Waals surface area contributed by atoms with E-state index in [9.17, 15) is 0 Å². The Morgan fingerprint density at radius 3 is 2.84 bits per heavy atom. The normalized spacial score (nSPS) is 22.6. The van der Waals surface area contributed by atoms with Crippen LogP contribution in [0, 0.1) is 11.8 Å². The van der Waals surface area contributed by atoms with Gasteiger partial charge in [0.25, 0.3) is 0 Å². The summed E-state index contributed by atoms with van der Waals surface area (Å²) in [5.74, 6) is 2.33. The highest BCUT2D eigenvalue weighted by molar-refractivity contribution is 5.38. The van der Waals surface area contributed by atoms with E-state index in [1.54, 1.807) is 4.68 Å². The van der Waals surface area contributed by atoms with E-state index in [1.807, 2.05) is 30.3 Å². The van der Waals surface area contributed by atoms with Crippen molar-refractivity contribution in [1.82, 2.24) is 20.2 Å². The van der Waals surface area contributed by atoms with Crippen LogP contribution in [-0.2, 0) is 0 Å². The predicted octanol–water partition coefficient (Wildman–Crippen LogP) is 2.51. The van der Waals surface area contributed by atoms with Crippen LogP contribution in [-0.4, -0.2) is 26.8 Å². The van der Waals surface area contributed by atoms with Crippen LogP contribution in [0.1, 0.15) is 26.2 Å². The fourth-order valence-corrected chi connectivity index (χ4v) is 2.79. The van der Waals surface area contributed by atoms with Crippen LogP contribution < -0.4 is 5.32 Å². The monoisotopic (exact) mass is 257 g/mol. The van der Waals surface area contributed by atoms with Crippen LogP contribution in [0.25, 0.3) is 5.69 Å². The van der Waals surface area contributed by atoms with Crippen LogP contribution in [0.2, 0.25) is 0 Å². The molecule has 5 heteroatoms. The van der Waals surface area contributed by atoms with Crippen LogP contribution in [0.15, 0.2) is 30.3 Å². The van der Waals surface area contributed by atoms with Crippen molar-refractivity contribution in [2.45, 2.75) is 26.2 Å². The van der Waals surface area contributed by atoms with E-state index in [0.29, 0.717) is 0 Å². The van der Waals surface area contributed by atoms with Gasteiger partial charge in [0, 0.05) is 6.54 Å². The first-order valence-electron chi connectivity index (χ1n) is 6.90. The molecule has 1 saturated carbocycles. The van der Waals surface area contributed by atoms with E-state index >= 15 is 0 Å².